The van der Waals surface area contributed by atoms with Crippen molar-refractivity contribution in [3.8, 4) is 0 Å². The van der Waals surface area contributed by atoms with Gasteiger partial charge >= 0.3 is 6.03 Å². The highest BCUT2D eigenvalue weighted by atomic mass is 32.2. The van der Waals surface area contributed by atoms with Crippen LogP contribution in [0.15, 0.2) is 65.6 Å². The number of fused-ring (bicyclic) bond motifs is 1. The normalized spacial score (nSPS) is 23.0. The van der Waals surface area contributed by atoms with E-state index in [9.17, 15) is 13.2 Å². The highest BCUT2D eigenvalue weighted by Gasteiger charge is 2.39. The van der Waals surface area contributed by atoms with Crippen molar-refractivity contribution in [2.24, 2.45) is 17.6 Å². The fourth-order valence-corrected chi connectivity index (χ4v) is 6.85. The van der Waals surface area contributed by atoms with E-state index in [1.54, 1.807) is 36.2 Å². The monoisotopic (exact) mass is 484 g/mol. The van der Waals surface area contributed by atoms with Crippen molar-refractivity contribution in [3.63, 3.8) is 0 Å². The summed E-state index contributed by atoms with van der Waals surface area (Å²) in [7, 11) is -1.91. The lowest BCUT2D eigenvalue weighted by molar-refractivity contribution is 0.135. The summed E-state index contributed by atoms with van der Waals surface area (Å²) >= 11 is 0. The average Bonchev–Trinajstić information content (AvgIpc) is 3.28. The number of hydrogen-bond donors (Lipinski definition) is 1. The third-order valence-corrected chi connectivity index (χ3v) is 9.49. The predicted octanol–water partition coefficient (Wildman–Crippen LogP) is 2.99. The van der Waals surface area contributed by atoms with E-state index in [1.165, 1.54) is 4.31 Å². The van der Waals surface area contributed by atoms with E-state index in [0.29, 0.717) is 23.3 Å². The Bertz CT molecular complexity index is 1080. The van der Waals surface area contributed by atoms with Crippen LogP contribution in [-0.2, 0) is 15.4 Å². The molecule has 2 aliphatic heterocycles. The fourth-order valence-electron chi connectivity index (χ4n) is 5.54. The van der Waals surface area contributed by atoms with Gasteiger partial charge in [-0.1, -0.05) is 55.5 Å². The molecule has 2 saturated heterocycles. The summed E-state index contributed by atoms with van der Waals surface area (Å²) in [5, 5.41) is 0. The fraction of sp³-hybridized carbons (Fsp3) is 0.500. The molecule has 3 atom stereocenters. The molecule has 0 bridgehead atoms. The molecule has 0 spiro atoms. The SMILES string of the molecule is CN(C[C@@](C)(CCN1CC[C@H]2CN(C(N)=O)C[C@H]2C1)c1ccccc1)S(=O)(=O)c1ccccc1. The lowest BCUT2D eigenvalue weighted by Gasteiger charge is -2.39. The first-order valence-electron chi connectivity index (χ1n) is 12.0. The van der Waals surface area contributed by atoms with Gasteiger partial charge in [0, 0.05) is 38.6 Å². The molecule has 0 aromatic heterocycles. The molecule has 34 heavy (non-hydrogen) atoms. The summed E-state index contributed by atoms with van der Waals surface area (Å²) < 4.78 is 28.0. The number of benzene rings is 2. The number of sulfonamides is 1. The quantitative estimate of drug-likeness (QED) is 0.624. The van der Waals surface area contributed by atoms with E-state index in [-0.39, 0.29) is 11.4 Å². The van der Waals surface area contributed by atoms with Gasteiger partial charge in [-0.15, -0.1) is 0 Å². The summed E-state index contributed by atoms with van der Waals surface area (Å²) in [6.45, 7) is 6.90. The maximum atomic E-state index is 13.2. The number of likely N-dealkylation sites (tertiary alicyclic amines) is 2. The Morgan fingerprint density at radius 3 is 2.29 bits per heavy atom. The molecule has 2 N–H and O–H groups in total. The molecular formula is C26H36N4O3S. The smallest absolute Gasteiger partial charge is 0.314 e. The van der Waals surface area contributed by atoms with Gasteiger partial charge < -0.3 is 15.5 Å². The van der Waals surface area contributed by atoms with Gasteiger partial charge in [0.2, 0.25) is 10.0 Å². The highest BCUT2D eigenvalue weighted by molar-refractivity contribution is 7.89. The summed E-state index contributed by atoms with van der Waals surface area (Å²) in [5.41, 5.74) is 6.31. The number of amides is 2. The van der Waals surface area contributed by atoms with Crippen LogP contribution >= 0.6 is 0 Å². The lowest BCUT2D eigenvalue weighted by Crippen LogP contribution is -2.45. The third-order valence-electron chi connectivity index (χ3n) is 7.67. The minimum atomic E-state index is -3.58. The number of piperidine rings is 1. The molecule has 2 fully saturated rings. The molecule has 8 heteroatoms. The molecule has 184 valence electrons. The molecule has 0 saturated carbocycles. The first-order valence-corrected chi connectivity index (χ1v) is 13.5. The van der Waals surface area contributed by atoms with Gasteiger partial charge in [-0.3, -0.25) is 0 Å². The molecule has 4 rings (SSSR count). The van der Waals surface area contributed by atoms with E-state index < -0.39 is 10.0 Å². The Hall–Kier alpha value is -2.42. The van der Waals surface area contributed by atoms with Crippen LogP contribution in [-0.4, -0.2) is 74.9 Å². The first kappa shape index (κ1) is 24.7. The maximum absolute atomic E-state index is 13.2. The van der Waals surface area contributed by atoms with Gasteiger partial charge in [0.25, 0.3) is 0 Å². The Labute approximate surface area is 203 Å². The Morgan fingerprint density at radius 1 is 1.03 bits per heavy atom. The number of rotatable bonds is 8. The van der Waals surface area contributed by atoms with Crippen molar-refractivity contribution in [2.75, 3.05) is 46.3 Å². The number of carbonyl (C=O) groups excluding carboxylic acids is 1. The molecule has 2 aliphatic rings. The van der Waals surface area contributed by atoms with Crippen LogP contribution in [0.3, 0.4) is 0 Å². The maximum Gasteiger partial charge on any atom is 0.314 e. The molecule has 2 amide bonds. The Kier molecular flexibility index (Phi) is 7.31. The lowest BCUT2D eigenvalue weighted by atomic mass is 9.78. The van der Waals surface area contributed by atoms with Gasteiger partial charge in [-0.2, -0.15) is 0 Å². The van der Waals surface area contributed by atoms with Crippen LogP contribution < -0.4 is 5.73 Å². The van der Waals surface area contributed by atoms with E-state index in [0.717, 1.165) is 51.1 Å². The minimum absolute atomic E-state index is 0.315. The number of nitrogens with zero attached hydrogens (tertiary/aromatic N) is 3. The average molecular weight is 485 g/mol. The second-order valence-electron chi connectivity index (χ2n) is 10.1. The number of nitrogens with two attached hydrogens (primary N) is 1. The molecule has 7 nitrogen and oxygen atoms in total. The molecular weight excluding hydrogens is 448 g/mol. The van der Waals surface area contributed by atoms with Crippen LogP contribution in [0.2, 0.25) is 0 Å². The van der Waals surface area contributed by atoms with Crippen molar-refractivity contribution in [2.45, 2.75) is 30.1 Å². The van der Waals surface area contributed by atoms with Gasteiger partial charge in [-0.05, 0) is 55.5 Å². The second-order valence-corrected chi connectivity index (χ2v) is 12.1. The van der Waals surface area contributed by atoms with E-state index in [1.807, 2.05) is 24.3 Å². The largest absolute Gasteiger partial charge is 0.351 e. The Balaban J connectivity index is 1.47. The summed E-state index contributed by atoms with van der Waals surface area (Å²) in [4.78, 5) is 16.2. The summed E-state index contributed by atoms with van der Waals surface area (Å²) in [5.74, 6) is 0.997. The number of primary amides is 1. The van der Waals surface area contributed by atoms with Crippen molar-refractivity contribution in [1.29, 1.82) is 0 Å². The van der Waals surface area contributed by atoms with Gasteiger partial charge in [0.15, 0.2) is 0 Å². The predicted molar refractivity (Wildman–Crippen MR) is 134 cm³/mol. The van der Waals surface area contributed by atoms with E-state index in [4.69, 9.17) is 5.73 Å². The first-order chi connectivity index (χ1) is 16.2. The van der Waals surface area contributed by atoms with Crippen LogP contribution in [0.5, 0.6) is 0 Å². The third kappa shape index (κ3) is 5.29. The number of urea groups is 1. The van der Waals surface area contributed by atoms with Gasteiger partial charge in [0.1, 0.15) is 0 Å². The number of hydrogen-bond acceptors (Lipinski definition) is 4. The zero-order valence-electron chi connectivity index (χ0n) is 20.1. The minimum Gasteiger partial charge on any atom is -0.351 e. The number of likely N-dealkylation sites (N-methyl/N-ethyl adjacent to an activating group) is 1. The summed E-state index contributed by atoms with van der Waals surface area (Å²) in [6, 6.07) is 18.5. The van der Waals surface area contributed by atoms with Crippen molar-refractivity contribution in [1.82, 2.24) is 14.1 Å². The van der Waals surface area contributed by atoms with Gasteiger partial charge in [0.05, 0.1) is 4.90 Å². The topological polar surface area (TPSA) is 86.9 Å². The standard InChI is InChI=1S/C26H36N4O3S/c1-26(23-9-5-3-6-10-23,20-28(2)34(32,33)24-11-7-4-8-12-24)14-16-29-15-13-21-18-30(25(27)31)19-22(21)17-29/h3-12,21-22H,13-20H2,1-2H3,(H2,27,31)/t21-,22+,26+/m0/s1. The molecule has 2 aromatic rings. The van der Waals surface area contributed by atoms with E-state index in [2.05, 4.69) is 24.0 Å². The molecule has 0 unspecified atom stereocenters. The van der Waals surface area contributed by atoms with E-state index >= 15 is 0 Å². The van der Waals surface area contributed by atoms with Crippen LogP contribution in [0.25, 0.3) is 0 Å². The molecule has 0 radical (unpaired) electrons. The summed E-state index contributed by atoms with van der Waals surface area (Å²) in [6.07, 6.45) is 1.90. The van der Waals surface area contributed by atoms with Crippen LogP contribution in [0.4, 0.5) is 4.79 Å². The van der Waals surface area contributed by atoms with Crippen molar-refractivity contribution >= 4 is 16.1 Å². The van der Waals surface area contributed by atoms with Crippen LogP contribution in [0.1, 0.15) is 25.3 Å². The zero-order valence-corrected chi connectivity index (χ0v) is 21.0. The van der Waals surface area contributed by atoms with Crippen molar-refractivity contribution in [3.05, 3.63) is 66.2 Å². The Morgan fingerprint density at radius 2 is 1.65 bits per heavy atom. The molecule has 2 aromatic carbocycles. The number of carbonyl (C=O) groups is 1. The van der Waals surface area contributed by atoms with Gasteiger partial charge in [-0.25, -0.2) is 17.5 Å². The van der Waals surface area contributed by atoms with Crippen LogP contribution in [0, 0.1) is 11.8 Å². The van der Waals surface area contributed by atoms with Crippen molar-refractivity contribution < 1.29 is 13.2 Å². The molecule has 2 heterocycles. The molecule has 0 aliphatic carbocycles. The zero-order chi connectivity index (χ0) is 24.3. The second kappa shape index (κ2) is 10.1. The highest BCUT2D eigenvalue weighted by Crippen LogP contribution is 2.34.